The van der Waals surface area contributed by atoms with Crippen LogP contribution in [-0.4, -0.2) is 0 Å². The van der Waals surface area contributed by atoms with Gasteiger partial charge in [0.2, 0.25) is 0 Å². The van der Waals surface area contributed by atoms with Crippen LogP contribution < -0.4 is 0 Å². The first kappa shape index (κ1) is 7.96. The van der Waals surface area contributed by atoms with Crippen LogP contribution >= 0.6 is 8.69 Å². The van der Waals surface area contributed by atoms with Gasteiger partial charge in [-0.15, -0.1) is 0 Å². The second-order valence-electron chi connectivity index (χ2n) is 1.89. The molecule has 0 unspecified atom stereocenters. The van der Waals surface area contributed by atoms with Crippen LogP contribution in [0.1, 0.15) is 5.56 Å². The Morgan fingerprint density at radius 3 is 2.64 bits per heavy atom. The topological polar surface area (TPSA) is 26.3 Å². The Balaban J connectivity index is 2.57. The van der Waals surface area contributed by atoms with Crippen molar-refractivity contribution in [2.24, 2.45) is 0 Å². The standard InChI is InChI=1S/C8H7O2P/c9-11-10-7-6-8-4-2-1-3-5-8/h1-7H. The molecule has 0 radical (unpaired) electrons. The fraction of sp³-hybridized carbons (Fsp3) is 0. The lowest BCUT2D eigenvalue weighted by molar-refractivity contribution is 0.486. The zero-order chi connectivity index (χ0) is 7.94. The number of rotatable bonds is 3. The lowest BCUT2D eigenvalue weighted by atomic mass is 10.2. The van der Waals surface area contributed by atoms with E-state index in [9.17, 15) is 4.57 Å². The molecule has 2 nitrogen and oxygen atoms in total. The van der Waals surface area contributed by atoms with Crippen molar-refractivity contribution in [3.8, 4) is 0 Å². The summed E-state index contributed by atoms with van der Waals surface area (Å²) in [7, 11) is -0.322. The number of benzene rings is 1. The molecular weight excluding hydrogens is 159 g/mol. The molecule has 1 aromatic rings. The maximum atomic E-state index is 9.82. The molecule has 0 spiro atoms. The largest absolute Gasteiger partial charge is 0.416 e. The summed E-state index contributed by atoms with van der Waals surface area (Å²) >= 11 is 0. The van der Waals surface area contributed by atoms with E-state index >= 15 is 0 Å². The molecule has 0 N–H and O–H groups in total. The summed E-state index contributed by atoms with van der Waals surface area (Å²) in [5.74, 6) is 0. The molecule has 0 heterocycles. The van der Waals surface area contributed by atoms with Crippen LogP contribution in [0.3, 0.4) is 0 Å². The first-order valence-corrected chi connectivity index (χ1v) is 3.86. The summed E-state index contributed by atoms with van der Waals surface area (Å²) in [6.45, 7) is 0. The van der Waals surface area contributed by atoms with Gasteiger partial charge in [-0.05, 0) is 11.6 Å². The zero-order valence-corrected chi connectivity index (χ0v) is 6.70. The highest BCUT2D eigenvalue weighted by Gasteiger charge is 1.80. The Morgan fingerprint density at radius 1 is 1.27 bits per heavy atom. The Bertz CT molecular complexity index is 244. The van der Waals surface area contributed by atoms with E-state index in [4.69, 9.17) is 0 Å². The van der Waals surface area contributed by atoms with Crippen LogP contribution in [0.4, 0.5) is 0 Å². The number of hydrogen-bond acceptors (Lipinski definition) is 2. The van der Waals surface area contributed by atoms with E-state index in [1.165, 1.54) is 6.26 Å². The van der Waals surface area contributed by atoms with Gasteiger partial charge in [0.1, 0.15) is 0 Å². The fourth-order valence-corrected chi connectivity index (χ4v) is 0.809. The van der Waals surface area contributed by atoms with Gasteiger partial charge in [-0.2, -0.15) is 0 Å². The average Bonchev–Trinajstić information content (AvgIpc) is 2.07. The van der Waals surface area contributed by atoms with Gasteiger partial charge >= 0.3 is 8.69 Å². The molecule has 0 aromatic heterocycles. The van der Waals surface area contributed by atoms with Crippen molar-refractivity contribution < 1.29 is 9.09 Å². The van der Waals surface area contributed by atoms with Crippen LogP contribution in [-0.2, 0) is 9.09 Å². The van der Waals surface area contributed by atoms with E-state index in [0.717, 1.165) is 5.56 Å². The van der Waals surface area contributed by atoms with E-state index in [0.29, 0.717) is 0 Å². The monoisotopic (exact) mass is 166 g/mol. The van der Waals surface area contributed by atoms with Gasteiger partial charge in [0, 0.05) is 0 Å². The molecule has 0 saturated heterocycles. The highest BCUT2D eigenvalue weighted by atomic mass is 31.1. The maximum absolute atomic E-state index is 9.82. The van der Waals surface area contributed by atoms with E-state index < -0.39 is 0 Å². The summed E-state index contributed by atoms with van der Waals surface area (Å²) in [4.78, 5) is 0. The Morgan fingerprint density at radius 2 is 2.00 bits per heavy atom. The molecule has 0 saturated carbocycles. The minimum absolute atomic E-state index is 0.322. The second kappa shape index (κ2) is 4.64. The maximum Gasteiger partial charge on any atom is 0.395 e. The van der Waals surface area contributed by atoms with Crippen LogP contribution in [0.2, 0.25) is 0 Å². The van der Waals surface area contributed by atoms with Crippen LogP contribution in [0, 0.1) is 0 Å². The second-order valence-corrected chi connectivity index (χ2v) is 2.25. The van der Waals surface area contributed by atoms with E-state index in [-0.39, 0.29) is 8.69 Å². The van der Waals surface area contributed by atoms with E-state index in [2.05, 4.69) is 4.52 Å². The normalized spacial score (nSPS) is 10.5. The molecule has 0 aliphatic rings. The number of hydrogen-bond donors (Lipinski definition) is 0. The van der Waals surface area contributed by atoms with Crippen LogP contribution in [0.25, 0.3) is 6.08 Å². The van der Waals surface area contributed by atoms with Gasteiger partial charge in [-0.3, -0.25) is 0 Å². The summed E-state index contributed by atoms with van der Waals surface area (Å²) in [5, 5.41) is 0. The van der Waals surface area contributed by atoms with Gasteiger partial charge in [-0.1, -0.05) is 30.3 Å². The molecule has 0 aliphatic heterocycles. The molecule has 11 heavy (non-hydrogen) atoms. The molecular formula is C8H7O2P. The summed E-state index contributed by atoms with van der Waals surface area (Å²) in [6, 6.07) is 9.65. The third-order valence-corrected chi connectivity index (χ3v) is 1.37. The van der Waals surface area contributed by atoms with Gasteiger partial charge < -0.3 is 4.52 Å². The van der Waals surface area contributed by atoms with Crippen molar-refractivity contribution in [1.29, 1.82) is 0 Å². The van der Waals surface area contributed by atoms with E-state index in [1.54, 1.807) is 6.08 Å². The predicted molar refractivity (Wildman–Crippen MR) is 44.2 cm³/mol. The van der Waals surface area contributed by atoms with Crippen LogP contribution in [0.5, 0.6) is 0 Å². The smallest absolute Gasteiger partial charge is 0.395 e. The van der Waals surface area contributed by atoms with Crippen molar-refractivity contribution in [3.63, 3.8) is 0 Å². The zero-order valence-electron chi connectivity index (χ0n) is 5.81. The third kappa shape index (κ3) is 2.96. The molecule has 0 atom stereocenters. The predicted octanol–water partition coefficient (Wildman–Crippen LogP) is 2.88. The first-order valence-electron chi connectivity index (χ1n) is 3.13. The lowest BCUT2D eigenvalue weighted by Gasteiger charge is -1.88. The van der Waals surface area contributed by atoms with Crippen molar-refractivity contribution in [2.75, 3.05) is 0 Å². The molecule has 0 fully saturated rings. The minimum Gasteiger partial charge on any atom is -0.416 e. The van der Waals surface area contributed by atoms with Gasteiger partial charge in [0.05, 0.1) is 6.26 Å². The summed E-state index contributed by atoms with van der Waals surface area (Å²) in [5.41, 5.74) is 1.02. The summed E-state index contributed by atoms with van der Waals surface area (Å²) in [6.07, 6.45) is 3.13. The SMILES string of the molecule is O=POC=Cc1ccccc1. The third-order valence-electron chi connectivity index (χ3n) is 1.16. The molecule has 1 aromatic carbocycles. The fourth-order valence-electron chi connectivity index (χ4n) is 0.698. The van der Waals surface area contributed by atoms with Gasteiger partial charge in [0.15, 0.2) is 0 Å². The summed E-state index contributed by atoms with van der Waals surface area (Å²) < 4.78 is 14.3. The molecule has 3 heteroatoms. The first-order chi connectivity index (χ1) is 5.43. The van der Waals surface area contributed by atoms with E-state index in [1.807, 2.05) is 30.3 Å². The molecule has 0 bridgehead atoms. The van der Waals surface area contributed by atoms with Crippen LogP contribution in [0.15, 0.2) is 36.6 Å². The van der Waals surface area contributed by atoms with Crippen molar-refractivity contribution in [3.05, 3.63) is 42.2 Å². The van der Waals surface area contributed by atoms with Crippen molar-refractivity contribution in [1.82, 2.24) is 0 Å². The molecule has 0 amide bonds. The minimum atomic E-state index is -0.322. The Kier molecular flexibility index (Phi) is 3.36. The highest BCUT2D eigenvalue weighted by Crippen LogP contribution is 2.03. The Hall–Kier alpha value is -1.14. The van der Waals surface area contributed by atoms with Crippen molar-refractivity contribution in [2.45, 2.75) is 0 Å². The Labute approximate surface area is 66.8 Å². The highest BCUT2D eigenvalue weighted by molar-refractivity contribution is 7.17. The average molecular weight is 166 g/mol. The molecule has 56 valence electrons. The quantitative estimate of drug-likeness (QED) is 0.509. The van der Waals surface area contributed by atoms with Crippen molar-refractivity contribution >= 4 is 14.8 Å². The van der Waals surface area contributed by atoms with Gasteiger partial charge in [-0.25, -0.2) is 4.57 Å². The van der Waals surface area contributed by atoms with Gasteiger partial charge in [0.25, 0.3) is 0 Å². The lowest BCUT2D eigenvalue weighted by Crippen LogP contribution is -1.67. The molecule has 1 rings (SSSR count). The molecule has 0 aliphatic carbocycles.